The first-order valence-electron chi connectivity index (χ1n) is 7.80. The van der Waals surface area contributed by atoms with Gasteiger partial charge in [0.05, 0.1) is 0 Å². The average Bonchev–Trinajstić information content (AvgIpc) is 2.61. The molecule has 0 bridgehead atoms. The van der Waals surface area contributed by atoms with Crippen LogP contribution in [0.4, 0.5) is 0 Å². The highest BCUT2D eigenvalue weighted by Gasteiger charge is 2.12. The van der Waals surface area contributed by atoms with E-state index in [9.17, 15) is 0 Å². The van der Waals surface area contributed by atoms with Crippen molar-refractivity contribution in [3.8, 4) is 0 Å². The maximum atomic E-state index is 6.05. The third-order valence-electron chi connectivity index (χ3n) is 3.91. The van der Waals surface area contributed by atoms with Gasteiger partial charge in [0.2, 0.25) is 0 Å². The lowest BCUT2D eigenvalue weighted by Gasteiger charge is -2.23. The summed E-state index contributed by atoms with van der Waals surface area (Å²) in [6.45, 7) is 4.62. The summed E-state index contributed by atoms with van der Waals surface area (Å²) in [5.41, 5.74) is 2.36. The number of hydrogen-bond donors (Lipinski definition) is 0. The number of nitrogens with zero attached hydrogens (tertiary/aromatic N) is 1. The van der Waals surface area contributed by atoms with Crippen LogP contribution in [0.3, 0.4) is 0 Å². The number of hydrogen-bond acceptors (Lipinski definition) is 2. The predicted octanol–water partition coefficient (Wildman–Crippen LogP) is 5.13. The molecule has 0 aromatic heterocycles. The molecule has 0 amide bonds. The summed E-state index contributed by atoms with van der Waals surface area (Å²) in [6, 6.07) is 24.9. The van der Waals surface area contributed by atoms with Crippen LogP contribution in [0.1, 0.15) is 17.2 Å². The minimum Gasteiger partial charge on any atom is -0.287 e. The van der Waals surface area contributed by atoms with Crippen molar-refractivity contribution in [2.24, 2.45) is 0 Å². The zero-order chi connectivity index (χ0) is 16.1. The van der Waals surface area contributed by atoms with Crippen molar-refractivity contribution in [2.45, 2.75) is 12.6 Å². The Kier molecular flexibility index (Phi) is 4.86. The molecule has 0 radical (unpaired) electrons. The molecule has 2 nitrogen and oxygen atoms in total. The molecule has 0 N–H and O–H groups in total. The molecular formula is C21H21NO. The maximum Gasteiger partial charge on any atom is 0.122 e. The van der Waals surface area contributed by atoms with Gasteiger partial charge in [0.15, 0.2) is 0 Å². The van der Waals surface area contributed by atoms with Crippen molar-refractivity contribution in [3.05, 3.63) is 96.6 Å². The van der Waals surface area contributed by atoms with Gasteiger partial charge in [-0.3, -0.25) is 4.84 Å². The summed E-state index contributed by atoms with van der Waals surface area (Å²) in [7, 11) is 1.96. The van der Waals surface area contributed by atoms with Crippen molar-refractivity contribution >= 4 is 10.8 Å². The Morgan fingerprint density at radius 1 is 0.957 bits per heavy atom. The molecule has 1 atom stereocenters. The monoisotopic (exact) mass is 303 g/mol. The van der Waals surface area contributed by atoms with Gasteiger partial charge in [-0.15, -0.1) is 6.58 Å². The van der Waals surface area contributed by atoms with Gasteiger partial charge in [-0.25, -0.2) is 0 Å². The van der Waals surface area contributed by atoms with Gasteiger partial charge in [-0.1, -0.05) is 78.9 Å². The Morgan fingerprint density at radius 2 is 1.65 bits per heavy atom. The van der Waals surface area contributed by atoms with Crippen LogP contribution in [0.15, 0.2) is 85.5 Å². The highest BCUT2D eigenvalue weighted by molar-refractivity contribution is 5.85. The minimum atomic E-state index is -0.142. The summed E-state index contributed by atoms with van der Waals surface area (Å²) in [6.07, 6.45) is 1.69. The third-order valence-corrected chi connectivity index (χ3v) is 3.91. The Labute approximate surface area is 137 Å². The fourth-order valence-electron chi connectivity index (χ4n) is 2.78. The van der Waals surface area contributed by atoms with E-state index >= 15 is 0 Å². The minimum absolute atomic E-state index is 0.142. The fourth-order valence-corrected chi connectivity index (χ4v) is 2.78. The largest absolute Gasteiger partial charge is 0.287 e. The van der Waals surface area contributed by atoms with Gasteiger partial charge in [0.25, 0.3) is 0 Å². The summed E-state index contributed by atoms with van der Waals surface area (Å²) in [4.78, 5) is 6.05. The van der Waals surface area contributed by atoms with Gasteiger partial charge >= 0.3 is 0 Å². The molecule has 116 valence electrons. The number of fused-ring (bicyclic) bond motifs is 1. The third kappa shape index (κ3) is 3.67. The van der Waals surface area contributed by atoms with Crippen LogP contribution in [-0.4, -0.2) is 12.1 Å². The zero-order valence-corrected chi connectivity index (χ0v) is 13.4. The molecule has 3 aromatic carbocycles. The van der Waals surface area contributed by atoms with Crippen molar-refractivity contribution in [1.82, 2.24) is 5.06 Å². The zero-order valence-electron chi connectivity index (χ0n) is 13.4. The van der Waals surface area contributed by atoms with E-state index in [-0.39, 0.29) is 6.10 Å². The van der Waals surface area contributed by atoms with Crippen LogP contribution in [0.25, 0.3) is 10.8 Å². The second kappa shape index (κ2) is 7.23. The van der Waals surface area contributed by atoms with Crippen LogP contribution >= 0.6 is 0 Å². The van der Waals surface area contributed by atoms with E-state index in [4.69, 9.17) is 4.84 Å². The number of hydroxylamine groups is 2. The standard InChI is InChI=1S/C21H21NO/c1-3-21(18-11-5-4-6-12-18)23-22(2)16-19-14-9-13-17-10-7-8-15-20(17)19/h3-15,21H,1,16H2,2H3. The topological polar surface area (TPSA) is 12.5 Å². The van der Waals surface area contributed by atoms with Crippen LogP contribution in [0.2, 0.25) is 0 Å². The lowest BCUT2D eigenvalue weighted by Crippen LogP contribution is -2.21. The molecule has 1 unspecified atom stereocenters. The van der Waals surface area contributed by atoms with Crippen LogP contribution in [0, 0.1) is 0 Å². The molecule has 3 rings (SSSR count). The van der Waals surface area contributed by atoms with Gasteiger partial charge < -0.3 is 0 Å². The molecule has 0 heterocycles. The van der Waals surface area contributed by atoms with E-state index in [1.807, 2.05) is 36.4 Å². The molecule has 0 aliphatic heterocycles. The van der Waals surface area contributed by atoms with Gasteiger partial charge in [0.1, 0.15) is 6.10 Å². The Bertz CT molecular complexity index is 777. The smallest absolute Gasteiger partial charge is 0.122 e. The van der Waals surface area contributed by atoms with E-state index in [0.717, 1.165) is 12.1 Å². The maximum absolute atomic E-state index is 6.05. The van der Waals surface area contributed by atoms with E-state index in [1.165, 1.54) is 16.3 Å². The molecule has 0 spiro atoms. The first-order chi connectivity index (χ1) is 11.3. The Morgan fingerprint density at radius 3 is 2.43 bits per heavy atom. The Balaban J connectivity index is 1.76. The van der Waals surface area contributed by atoms with Gasteiger partial charge in [0, 0.05) is 13.6 Å². The highest BCUT2D eigenvalue weighted by Crippen LogP contribution is 2.23. The fraction of sp³-hybridized carbons (Fsp3) is 0.143. The second-order valence-corrected chi connectivity index (χ2v) is 5.60. The van der Waals surface area contributed by atoms with Crippen LogP contribution < -0.4 is 0 Å². The lowest BCUT2D eigenvalue weighted by atomic mass is 10.0. The molecular weight excluding hydrogens is 282 g/mol. The number of benzene rings is 3. The first-order valence-corrected chi connectivity index (χ1v) is 7.80. The SMILES string of the molecule is C=CC(ON(C)Cc1cccc2ccccc12)c1ccccc1. The number of rotatable bonds is 6. The molecule has 0 aliphatic carbocycles. The van der Waals surface area contributed by atoms with Crippen molar-refractivity contribution in [1.29, 1.82) is 0 Å². The van der Waals surface area contributed by atoms with E-state index < -0.39 is 0 Å². The van der Waals surface area contributed by atoms with E-state index in [2.05, 4.69) is 61.2 Å². The molecule has 0 saturated carbocycles. The summed E-state index contributed by atoms with van der Waals surface area (Å²) in [5.74, 6) is 0. The summed E-state index contributed by atoms with van der Waals surface area (Å²) >= 11 is 0. The van der Waals surface area contributed by atoms with Gasteiger partial charge in [-0.05, 0) is 21.9 Å². The summed E-state index contributed by atoms with van der Waals surface area (Å²) < 4.78 is 0. The van der Waals surface area contributed by atoms with E-state index in [0.29, 0.717) is 0 Å². The van der Waals surface area contributed by atoms with Gasteiger partial charge in [-0.2, -0.15) is 5.06 Å². The first kappa shape index (κ1) is 15.5. The van der Waals surface area contributed by atoms with Crippen LogP contribution in [0.5, 0.6) is 0 Å². The molecule has 0 fully saturated rings. The lowest BCUT2D eigenvalue weighted by molar-refractivity contribution is -0.175. The molecule has 23 heavy (non-hydrogen) atoms. The molecule has 0 saturated heterocycles. The molecule has 3 aromatic rings. The van der Waals surface area contributed by atoms with Crippen molar-refractivity contribution in [3.63, 3.8) is 0 Å². The highest BCUT2D eigenvalue weighted by atomic mass is 16.7. The summed E-state index contributed by atoms with van der Waals surface area (Å²) in [5, 5.41) is 4.39. The van der Waals surface area contributed by atoms with Crippen molar-refractivity contribution in [2.75, 3.05) is 7.05 Å². The van der Waals surface area contributed by atoms with Crippen LogP contribution in [-0.2, 0) is 11.4 Å². The Hall–Kier alpha value is -2.42. The molecule has 0 aliphatic rings. The predicted molar refractivity (Wildman–Crippen MR) is 95.9 cm³/mol. The van der Waals surface area contributed by atoms with Crippen molar-refractivity contribution < 1.29 is 4.84 Å². The second-order valence-electron chi connectivity index (χ2n) is 5.60. The quantitative estimate of drug-likeness (QED) is 0.462. The van der Waals surface area contributed by atoms with E-state index in [1.54, 1.807) is 0 Å². The molecule has 2 heteroatoms. The average molecular weight is 303 g/mol. The normalized spacial score (nSPS) is 12.4.